The molecule has 0 atom stereocenters. The van der Waals surface area contributed by atoms with Crippen molar-refractivity contribution in [2.24, 2.45) is 0 Å². The second-order valence-corrected chi connectivity index (χ2v) is 6.14. The summed E-state index contributed by atoms with van der Waals surface area (Å²) in [6.07, 6.45) is 7.67. The molecule has 0 unspecified atom stereocenters. The van der Waals surface area contributed by atoms with Crippen LogP contribution in [-0.4, -0.2) is 22.7 Å². The van der Waals surface area contributed by atoms with Crippen molar-refractivity contribution in [1.29, 1.82) is 0 Å². The molecule has 17 heavy (non-hydrogen) atoms. The monoisotopic (exact) mass is 251 g/mol. The zero-order valence-corrected chi connectivity index (χ0v) is 11.2. The van der Waals surface area contributed by atoms with Crippen molar-refractivity contribution in [3.63, 3.8) is 0 Å². The number of hydrogen-bond donors (Lipinski definition) is 2. The van der Waals surface area contributed by atoms with E-state index in [2.05, 4.69) is 11.6 Å². The van der Waals surface area contributed by atoms with Gasteiger partial charge >= 0.3 is 0 Å². The van der Waals surface area contributed by atoms with Gasteiger partial charge in [0.25, 0.3) is 0 Å². The highest BCUT2D eigenvalue weighted by atomic mass is 32.2. The van der Waals surface area contributed by atoms with Gasteiger partial charge in [-0.05, 0) is 36.8 Å². The van der Waals surface area contributed by atoms with Crippen molar-refractivity contribution in [3.8, 4) is 5.75 Å². The van der Waals surface area contributed by atoms with Crippen LogP contribution in [0, 0.1) is 0 Å². The van der Waals surface area contributed by atoms with E-state index in [4.69, 9.17) is 0 Å². The zero-order valence-electron chi connectivity index (χ0n) is 10.4. The van der Waals surface area contributed by atoms with Crippen LogP contribution >= 0.6 is 11.8 Å². The molecule has 1 saturated carbocycles. The molecule has 1 aliphatic rings. The minimum Gasteiger partial charge on any atom is -0.508 e. The second-order valence-electron chi connectivity index (χ2n) is 4.86. The summed E-state index contributed by atoms with van der Waals surface area (Å²) in [4.78, 5) is 0. The number of phenolic OH excluding ortho intramolecular Hbond substituents is 1. The number of hydrogen-bond acceptors (Lipinski definition) is 3. The van der Waals surface area contributed by atoms with E-state index in [1.54, 1.807) is 12.1 Å². The Morgan fingerprint density at radius 3 is 2.47 bits per heavy atom. The van der Waals surface area contributed by atoms with Crippen LogP contribution in [0.4, 0.5) is 0 Å². The molecule has 0 bridgehead atoms. The predicted octanol–water partition coefficient (Wildman–Crippen LogP) is 3.16. The molecule has 1 fully saturated rings. The van der Waals surface area contributed by atoms with Crippen molar-refractivity contribution in [1.82, 2.24) is 5.32 Å². The van der Waals surface area contributed by atoms with Crippen molar-refractivity contribution >= 4 is 11.8 Å². The van der Waals surface area contributed by atoms with Gasteiger partial charge in [-0.3, -0.25) is 0 Å². The molecule has 3 heteroatoms. The third-order valence-electron chi connectivity index (χ3n) is 3.66. The first kappa shape index (κ1) is 12.8. The molecule has 1 aromatic carbocycles. The van der Waals surface area contributed by atoms with Crippen LogP contribution in [0.2, 0.25) is 0 Å². The zero-order chi connectivity index (χ0) is 12.1. The molecule has 1 aromatic rings. The van der Waals surface area contributed by atoms with E-state index in [-0.39, 0.29) is 0 Å². The molecule has 0 aromatic heterocycles. The first-order chi connectivity index (χ1) is 8.24. The number of rotatable bonds is 5. The first-order valence-electron chi connectivity index (χ1n) is 6.28. The highest BCUT2D eigenvalue weighted by Gasteiger charge is 2.32. The number of nitrogens with one attached hydrogen (secondary N) is 1. The smallest absolute Gasteiger partial charge is 0.115 e. The third kappa shape index (κ3) is 3.39. The first-order valence-corrected chi connectivity index (χ1v) is 7.50. The van der Waals surface area contributed by atoms with Gasteiger partial charge in [-0.1, -0.05) is 25.0 Å². The lowest BCUT2D eigenvalue weighted by atomic mass is 10.1. The van der Waals surface area contributed by atoms with Gasteiger partial charge in [0.1, 0.15) is 5.75 Å². The van der Waals surface area contributed by atoms with Crippen LogP contribution in [0.15, 0.2) is 24.3 Å². The number of benzene rings is 1. The fourth-order valence-corrected chi connectivity index (χ4v) is 3.46. The van der Waals surface area contributed by atoms with Crippen LogP contribution in [-0.2, 0) is 6.54 Å². The summed E-state index contributed by atoms with van der Waals surface area (Å²) in [5, 5.41) is 12.8. The van der Waals surface area contributed by atoms with Crippen LogP contribution in [0.1, 0.15) is 31.2 Å². The summed E-state index contributed by atoms with van der Waals surface area (Å²) in [5.41, 5.74) is 1.23. The highest BCUT2D eigenvalue weighted by molar-refractivity contribution is 8.00. The SMILES string of the molecule is CSC1(CNCc2ccc(O)cc2)CCCC1. The average Bonchev–Trinajstić information content (AvgIpc) is 2.81. The standard InChI is InChI=1S/C14H21NOS/c1-17-14(8-2-3-9-14)11-15-10-12-4-6-13(16)7-5-12/h4-7,15-16H,2-3,8-11H2,1H3. The van der Waals surface area contributed by atoms with E-state index in [9.17, 15) is 5.11 Å². The van der Waals surface area contributed by atoms with Crippen LogP contribution in [0.5, 0.6) is 5.75 Å². The van der Waals surface area contributed by atoms with Gasteiger partial charge in [0, 0.05) is 17.8 Å². The lowest BCUT2D eigenvalue weighted by molar-refractivity contribution is 0.474. The van der Waals surface area contributed by atoms with E-state index in [1.165, 1.54) is 31.2 Å². The molecule has 0 heterocycles. The molecule has 0 aliphatic heterocycles. The summed E-state index contributed by atoms with van der Waals surface area (Å²) in [7, 11) is 0. The topological polar surface area (TPSA) is 32.3 Å². The summed E-state index contributed by atoms with van der Waals surface area (Å²) < 4.78 is 0.469. The number of thioether (sulfide) groups is 1. The Balaban J connectivity index is 1.80. The van der Waals surface area contributed by atoms with Crippen molar-refractivity contribution < 1.29 is 5.11 Å². The molecule has 1 aliphatic carbocycles. The van der Waals surface area contributed by atoms with Gasteiger partial charge in [-0.25, -0.2) is 0 Å². The fraction of sp³-hybridized carbons (Fsp3) is 0.571. The van der Waals surface area contributed by atoms with Gasteiger partial charge < -0.3 is 10.4 Å². The Morgan fingerprint density at radius 2 is 1.88 bits per heavy atom. The number of phenols is 1. The van der Waals surface area contributed by atoms with Gasteiger partial charge in [-0.15, -0.1) is 0 Å². The Hall–Kier alpha value is -0.670. The molecule has 2 N–H and O–H groups in total. The molecule has 2 nitrogen and oxygen atoms in total. The largest absolute Gasteiger partial charge is 0.508 e. The molecule has 0 radical (unpaired) electrons. The second kappa shape index (κ2) is 5.78. The lowest BCUT2D eigenvalue weighted by Gasteiger charge is -2.27. The summed E-state index contributed by atoms with van der Waals surface area (Å²) in [6.45, 7) is 1.98. The van der Waals surface area contributed by atoms with Gasteiger partial charge in [0.05, 0.1) is 0 Å². The Kier molecular flexibility index (Phi) is 4.35. The molecule has 94 valence electrons. The third-order valence-corrected chi connectivity index (χ3v) is 5.08. The van der Waals surface area contributed by atoms with Crippen molar-refractivity contribution in [2.45, 2.75) is 37.0 Å². The minimum absolute atomic E-state index is 0.338. The van der Waals surface area contributed by atoms with E-state index in [0.717, 1.165) is 13.1 Å². The van der Waals surface area contributed by atoms with Crippen LogP contribution in [0.3, 0.4) is 0 Å². The predicted molar refractivity (Wildman–Crippen MR) is 74.5 cm³/mol. The van der Waals surface area contributed by atoms with E-state index in [0.29, 0.717) is 10.5 Å². The molecule has 0 spiro atoms. The maximum absolute atomic E-state index is 9.21. The molecular weight excluding hydrogens is 230 g/mol. The van der Waals surface area contributed by atoms with E-state index in [1.807, 2.05) is 23.9 Å². The Labute approximate surface area is 108 Å². The molecule has 2 rings (SSSR count). The average molecular weight is 251 g/mol. The fourth-order valence-electron chi connectivity index (χ4n) is 2.52. The molecular formula is C14H21NOS. The van der Waals surface area contributed by atoms with E-state index < -0.39 is 0 Å². The molecule has 0 saturated heterocycles. The Bertz CT molecular complexity index is 344. The summed E-state index contributed by atoms with van der Waals surface area (Å²) in [5.74, 6) is 0.338. The maximum atomic E-state index is 9.21. The Morgan fingerprint density at radius 1 is 1.24 bits per heavy atom. The summed E-state index contributed by atoms with van der Waals surface area (Å²) >= 11 is 2.01. The normalized spacial score (nSPS) is 18.4. The highest BCUT2D eigenvalue weighted by Crippen LogP contribution is 2.39. The molecule has 0 amide bonds. The van der Waals surface area contributed by atoms with Crippen molar-refractivity contribution in [3.05, 3.63) is 29.8 Å². The quantitative estimate of drug-likeness (QED) is 0.843. The summed E-state index contributed by atoms with van der Waals surface area (Å²) in [6, 6.07) is 7.44. The minimum atomic E-state index is 0.338. The van der Waals surface area contributed by atoms with E-state index >= 15 is 0 Å². The van der Waals surface area contributed by atoms with Gasteiger partial charge in [-0.2, -0.15) is 11.8 Å². The van der Waals surface area contributed by atoms with Gasteiger partial charge in [0.15, 0.2) is 0 Å². The maximum Gasteiger partial charge on any atom is 0.115 e. The lowest BCUT2D eigenvalue weighted by Crippen LogP contribution is -2.34. The van der Waals surface area contributed by atoms with Gasteiger partial charge in [0.2, 0.25) is 0 Å². The van der Waals surface area contributed by atoms with Crippen LogP contribution in [0.25, 0.3) is 0 Å². The van der Waals surface area contributed by atoms with Crippen LogP contribution < -0.4 is 5.32 Å². The van der Waals surface area contributed by atoms with Crippen molar-refractivity contribution in [2.75, 3.05) is 12.8 Å². The number of aromatic hydroxyl groups is 1.